The highest BCUT2D eigenvalue weighted by molar-refractivity contribution is 5.97. The van der Waals surface area contributed by atoms with Crippen molar-refractivity contribution in [1.82, 2.24) is 20.4 Å². The molecule has 0 atom stereocenters. The molecule has 1 aliphatic rings. The molecule has 1 saturated heterocycles. The van der Waals surface area contributed by atoms with Gasteiger partial charge >= 0.3 is 6.03 Å². The van der Waals surface area contributed by atoms with Crippen molar-refractivity contribution in [2.75, 3.05) is 18.4 Å². The van der Waals surface area contributed by atoms with E-state index in [9.17, 15) is 14.4 Å². The van der Waals surface area contributed by atoms with Crippen LogP contribution in [0.25, 0.3) is 11.6 Å². The highest BCUT2D eigenvalue weighted by Gasteiger charge is 2.23. The fourth-order valence-corrected chi connectivity index (χ4v) is 3.05. The van der Waals surface area contributed by atoms with Gasteiger partial charge in [0.15, 0.2) is 5.76 Å². The van der Waals surface area contributed by atoms with Crippen LogP contribution in [0.3, 0.4) is 0 Å². The molecule has 10 heteroatoms. The quantitative estimate of drug-likeness (QED) is 0.611. The summed E-state index contributed by atoms with van der Waals surface area (Å²) < 4.78 is 10.5. The Balaban J connectivity index is 1.37. The van der Waals surface area contributed by atoms with Crippen molar-refractivity contribution in [2.45, 2.75) is 19.3 Å². The number of carbonyl (C=O) groups is 3. The normalized spacial score (nSPS) is 13.9. The van der Waals surface area contributed by atoms with Gasteiger partial charge in [-0.3, -0.25) is 14.9 Å². The predicted octanol–water partition coefficient (Wildman–Crippen LogP) is 2.19. The van der Waals surface area contributed by atoms with E-state index in [1.54, 1.807) is 18.2 Å². The van der Waals surface area contributed by atoms with E-state index in [4.69, 9.17) is 8.94 Å². The number of carbonyl (C=O) groups excluding carboxylic acids is 3. The summed E-state index contributed by atoms with van der Waals surface area (Å²) in [4.78, 5) is 41.1. The van der Waals surface area contributed by atoms with E-state index in [0.717, 1.165) is 5.56 Å². The number of nitrogens with one attached hydrogen (secondary N) is 2. The zero-order chi connectivity index (χ0) is 20.9. The van der Waals surface area contributed by atoms with Crippen molar-refractivity contribution < 1.29 is 23.3 Å². The van der Waals surface area contributed by atoms with Gasteiger partial charge in [-0.05, 0) is 23.8 Å². The first-order valence-electron chi connectivity index (χ1n) is 9.41. The second-order valence-electron chi connectivity index (χ2n) is 6.71. The van der Waals surface area contributed by atoms with Gasteiger partial charge in [0.25, 0.3) is 0 Å². The van der Waals surface area contributed by atoms with Crippen molar-refractivity contribution in [3.05, 3.63) is 54.1 Å². The van der Waals surface area contributed by atoms with Gasteiger partial charge in [0, 0.05) is 31.6 Å². The highest BCUT2D eigenvalue weighted by atomic mass is 16.5. The van der Waals surface area contributed by atoms with Crippen LogP contribution in [0.5, 0.6) is 0 Å². The second kappa shape index (κ2) is 8.60. The van der Waals surface area contributed by atoms with Crippen molar-refractivity contribution in [3.8, 4) is 11.6 Å². The van der Waals surface area contributed by atoms with Gasteiger partial charge in [0.1, 0.15) is 0 Å². The molecule has 0 saturated carbocycles. The van der Waals surface area contributed by atoms with Crippen LogP contribution in [0.2, 0.25) is 0 Å². The first kappa shape index (κ1) is 19.4. The Labute approximate surface area is 171 Å². The Hall–Kier alpha value is -3.95. The smallest absolute Gasteiger partial charge is 0.324 e. The summed E-state index contributed by atoms with van der Waals surface area (Å²) in [6, 6.07) is 10.3. The van der Waals surface area contributed by atoms with E-state index >= 15 is 0 Å². The summed E-state index contributed by atoms with van der Waals surface area (Å²) in [7, 11) is 0. The van der Waals surface area contributed by atoms with Gasteiger partial charge < -0.3 is 19.2 Å². The Morgan fingerprint density at radius 2 is 2.07 bits per heavy atom. The van der Waals surface area contributed by atoms with Gasteiger partial charge in [0.2, 0.25) is 23.5 Å². The average Bonchev–Trinajstić information content (AvgIpc) is 3.41. The monoisotopic (exact) mass is 409 g/mol. The number of amides is 4. The highest BCUT2D eigenvalue weighted by Crippen LogP contribution is 2.21. The molecule has 0 spiro atoms. The standard InChI is InChI=1S/C20H19N5O5/c26-16(7-9-25-10-8-17(27)22-20(25)28)21-14-5-2-1-4-13(14)12-18-23-19(24-30-18)15-6-3-11-29-15/h1-6,11H,7-10,12H2,(H,21,26)(H,22,27,28). The number of para-hydroxylation sites is 1. The maximum Gasteiger partial charge on any atom is 0.324 e. The molecule has 3 heterocycles. The number of urea groups is 1. The maximum atomic E-state index is 12.4. The largest absolute Gasteiger partial charge is 0.461 e. The summed E-state index contributed by atoms with van der Waals surface area (Å²) in [6.07, 6.45) is 2.21. The van der Waals surface area contributed by atoms with Crippen molar-refractivity contribution in [3.63, 3.8) is 0 Å². The van der Waals surface area contributed by atoms with Crippen molar-refractivity contribution >= 4 is 23.5 Å². The number of anilines is 1. The zero-order valence-corrected chi connectivity index (χ0v) is 16.0. The van der Waals surface area contributed by atoms with Crippen molar-refractivity contribution in [2.24, 2.45) is 0 Å². The molecule has 0 radical (unpaired) electrons. The Bertz CT molecular complexity index is 1060. The van der Waals surface area contributed by atoms with Crippen LogP contribution in [0.1, 0.15) is 24.3 Å². The Morgan fingerprint density at radius 1 is 1.20 bits per heavy atom. The van der Waals surface area contributed by atoms with E-state index in [-0.39, 0.29) is 31.2 Å². The molecule has 10 nitrogen and oxygen atoms in total. The zero-order valence-electron chi connectivity index (χ0n) is 16.0. The van der Waals surface area contributed by atoms with Crippen LogP contribution in [0, 0.1) is 0 Å². The summed E-state index contributed by atoms with van der Waals surface area (Å²) >= 11 is 0. The average molecular weight is 409 g/mol. The van der Waals surface area contributed by atoms with Crippen LogP contribution in [-0.4, -0.2) is 46.0 Å². The minimum atomic E-state index is -0.469. The molecular formula is C20H19N5O5. The molecular weight excluding hydrogens is 390 g/mol. The summed E-state index contributed by atoms with van der Waals surface area (Å²) in [6.45, 7) is 0.535. The lowest BCUT2D eigenvalue weighted by atomic mass is 10.1. The molecule has 1 fully saturated rings. The number of hydrogen-bond donors (Lipinski definition) is 2. The van der Waals surface area contributed by atoms with E-state index in [1.165, 1.54) is 11.2 Å². The molecule has 0 unspecified atom stereocenters. The number of hydrogen-bond acceptors (Lipinski definition) is 7. The second-order valence-corrected chi connectivity index (χ2v) is 6.71. The Kier molecular flexibility index (Phi) is 5.55. The summed E-state index contributed by atoms with van der Waals surface area (Å²) in [5.74, 6) is 0.711. The minimum Gasteiger partial charge on any atom is -0.461 e. The molecule has 3 aromatic rings. The molecule has 2 N–H and O–H groups in total. The van der Waals surface area contributed by atoms with Crippen LogP contribution in [0.4, 0.5) is 10.5 Å². The number of imide groups is 1. The van der Waals surface area contributed by atoms with Crippen LogP contribution in [-0.2, 0) is 16.0 Å². The van der Waals surface area contributed by atoms with Crippen LogP contribution < -0.4 is 10.6 Å². The summed E-state index contributed by atoms with van der Waals surface area (Å²) in [5, 5.41) is 9.00. The molecule has 0 aliphatic carbocycles. The van der Waals surface area contributed by atoms with E-state index < -0.39 is 6.03 Å². The van der Waals surface area contributed by atoms with Gasteiger partial charge in [-0.15, -0.1) is 0 Å². The lowest BCUT2D eigenvalue weighted by molar-refractivity contribution is -0.121. The fraction of sp³-hybridized carbons (Fsp3) is 0.250. The number of aromatic nitrogens is 2. The van der Waals surface area contributed by atoms with E-state index in [2.05, 4.69) is 20.8 Å². The van der Waals surface area contributed by atoms with Gasteiger partial charge in [-0.1, -0.05) is 23.4 Å². The van der Waals surface area contributed by atoms with Crippen LogP contribution in [0.15, 0.2) is 51.6 Å². The van der Waals surface area contributed by atoms with Crippen molar-refractivity contribution in [1.29, 1.82) is 0 Å². The van der Waals surface area contributed by atoms with E-state index in [1.807, 2.05) is 18.2 Å². The predicted molar refractivity (Wildman–Crippen MR) is 104 cm³/mol. The lowest BCUT2D eigenvalue weighted by Gasteiger charge is -2.26. The summed E-state index contributed by atoms with van der Waals surface area (Å²) in [5.41, 5.74) is 1.43. The number of rotatable bonds is 7. The Morgan fingerprint density at radius 3 is 2.87 bits per heavy atom. The number of furan rings is 1. The first-order valence-corrected chi connectivity index (χ1v) is 9.41. The molecule has 2 aromatic heterocycles. The molecule has 4 amide bonds. The number of benzene rings is 1. The topological polar surface area (TPSA) is 131 Å². The molecule has 4 rings (SSSR count). The molecule has 154 valence electrons. The van der Waals surface area contributed by atoms with Gasteiger partial charge in [-0.2, -0.15) is 4.98 Å². The SMILES string of the molecule is O=C1CCN(CCC(=O)Nc2ccccc2Cc2nc(-c3ccco3)no2)C(=O)N1. The molecule has 1 aliphatic heterocycles. The third-order valence-corrected chi connectivity index (χ3v) is 4.59. The molecule has 1 aromatic carbocycles. The minimum absolute atomic E-state index is 0.110. The third-order valence-electron chi connectivity index (χ3n) is 4.59. The molecule has 0 bridgehead atoms. The van der Waals surface area contributed by atoms with Gasteiger partial charge in [-0.25, -0.2) is 4.79 Å². The maximum absolute atomic E-state index is 12.4. The lowest BCUT2D eigenvalue weighted by Crippen LogP contribution is -2.50. The van der Waals surface area contributed by atoms with E-state index in [0.29, 0.717) is 36.1 Å². The third kappa shape index (κ3) is 4.54. The number of nitrogens with zero attached hydrogens (tertiary/aromatic N) is 3. The van der Waals surface area contributed by atoms with Gasteiger partial charge in [0.05, 0.1) is 12.7 Å². The first-order chi connectivity index (χ1) is 14.6. The molecule has 30 heavy (non-hydrogen) atoms. The fourth-order valence-electron chi connectivity index (χ4n) is 3.05. The van der Waals surface area contributed by atoms with Crippen LogP contribution >= 0.6 is 0 Å².